The number of rotatable bonds is 8. The van der Waals surface area contributed by atoms with E-state index in [0.29, 0.717) is 19.4 Å². The van der Waals surface area contributed by atoms with E-state index in [1.165, 1.54) is 0 Å². The minimum atomic E-state index is -1.04. The van der Waals surface area contributed by atoms with Gasteiger partial charge in [-0.2, -0.15) is 0 Å². The summed E-state index contributed by atoms with van der Waals surface area (Å²) in [5.41, 5.74) is 5.29. The highest BCUT2D eigenvalue weighted by molar-refractivity contribution is 6.23. The zero-order valence-electron chi connectivity index (χ0n) is 9.39. The molecule has 0 saturated carbocycles. The molecule has 6 heteroatoms. The van der Waals surface area contributed by atoms with Crippen LogP contribution < -0.4 is 5.73 Å². The first-order chi connectivity index (χ1) is 7.61. The van der Waals surface area contributed by atoms with Crippen molar-refractivity contribution in [2.45, 2.75) is 32.2 Å². The third kappa shape index (κ3) is 6.94. The number of carboxylic acid groups (broad SMARTS) is 1. The van der Waals surface area contributed by atoms with Crippen LogP contribution in [-0.2, 0) is 14.3 Å². The van der Waals surface area contributed by atoms with Gasteiger partial charge in [-0.1, -0.05) is 0 Å². The molecule has 0 radical (unpaired) electrons. The van der Waals surface area contributed by atoms with Gasteiger partial charge in [-0.3, -0.25) is 4.99 Å². The van der Waals surface area contributed by atoms with E-state index in [2.05, 4.69) is 9.73 Å². The summed E-state index contributed by atoms with van der Waals surface area (Å²) in [5, 5.41) is 8.82. The Morgan fingerprint density at radius 1 is 1.50 bits per heavy atom. The summed E-state index contributed by atoms with van der Waals surface area (Å²) in [6.07, 6.45) is 2.72. The van der Waals surface area contributed by atoms with Crippen LogP contribution in [0.4, 0.5) is 0 Å². The minimum absolute atomic E-state index is 0.246. The fraction of sp³-hybridized carbons (Fsp3) is 0.700. The van der Waals surface area contributed by atoms with Crippen molar-refractivity contribution in [2.24, 2.45) is 10.7 Å². The lowest BCUT2D eigenvalue weighted by Crippen LogP contribution is -2.19. The minimum Gasteiger partial charge on any atom is -0.480 e. The number of hydrogen-bond acceptors (Lipinski definition) is 5. The number of ether oxygens (including phenoxy) is 1. The fourth-order valence-electron chi connectivity index (χ4n) is 1.07. The predicted octanol–water partition coefficient (Wildman–Crippen LogP) is 0.203. The number of nitrogens with zero attached hydrogens (tertiary/aromatic N) is 1. The summed E-state index contributed by atoms with van der Waals surface area (Å²) in [4.78, 5) is 25.4. The molecule has 0 aliphatic rings. The largest absolute Gasteiger partial charge is 0.480 e. The molecule has 0 aliphatic carbocycles. The lowest BCUT2D eigenvalue weighted by atomic mass is 10.1. The molecule has 0 saturated heterocycles. The van der Waals surface area contributed by atoms with Crippen molar-refractivity contribution in [2.75, 3.05) is 13.2 Å². The van der Waals surface area contributed by atoms with Crippen LogP contribution in [0, 0.1) is 0 Å². The zero-order valence-corrected chi connectivity index (χ0v) is 9.39. The van der Waals surface area contributed by atoms with Crippen LogP contribution in [0.5, 0.6) is 0 Å². The maximum atomic E-state index is 10.9. The summed E-state index contributed by atoms with van der Waals surface area (Å²) < 4.78 is 4.60. The highest BCUT2D eigenvalue weighted by atomic mass is 16.5. The maximum absolute atomic E-state index is 10.9. The van der Waals surface area contributed by atoms with Crippen LogP contribution in [0.3, 0.4) is 0 Å². The Balaban J connectivity index is 4.11. The highest BCUT2D eigenvalue weighted by Gasteiger charge is 2.14. The van der Waals surface area contributed by atoms with E-state index in [-0.39, 0.29) is 6.61 Å². The number of hydrogen-bond donors (Lipinski definition) is 2. The first-order valence-corrected chi connectivity index (χ1v) is 5.24. The molecule has 0 spiro atoms. The first-order valence-electron chi connectivity index (χ1n) is 5.24. The zero-order chi connectivity index (χ0) is 12.4. The van der Waals surface area contributed by atoms with Gasteiger partial charge >= 0.3 is 11.9 Å². The Bertz CT molecular complexity index is 253. The van der Waals surface area contributed by atoms with Crippen LogP contribution in [0.25, 0.3) is 0 Å². The molecule has 0 aromatic rings. The number of nitrogens with two attached hydrogens (primary N) is 1. The third-order valence-corrected chi connectivity index (χ3v) is 1.86. The lowest BCUT2D eigenvalue weighted by Gasteiger charge is -2.05. The molecule has 92 valence electrons. The molecule has 0 bridgehead atoms. The van der Waals surface area contributed by atoms with Gasteiger partial charge in [-0.25, -0.2) is 9.59 Å². The average molecular weight is 230 g/mol. The van der Waals surface area contributed by atoms with Crippen LogP contribution >= 0.6 is 0 Å². The number of aliphatic carboxylic acids is 1. The van der Waals surface area contributed by atoms with Gasteiger partial charge in [0.05, 0.1) is 6.61 Å². The maximum Gasteiger partial charge on any atom is 0.348 e. The predicted molar refractivity (Wildman–Crippen MR) is 59.5 cm³/mol. The molecular formula is C10H18N2O4. The van der Waals surface area contributed by atoms with Crippen molar-refractivity contribution in [3.63, 3.8) is 0 Å². The van der Waals surface area contributed by atoms with E-state index in [4.69, 9.17) is 10.8 Å². The molecule has 0 aliphatic heterocycles. The molecule has 0 unspecified atom stereocenters. The smallest absolute Gasteiger partial charge is 0.348 e. The van der Waals surface area contributed by atoms with Crippen molar-refractivity contribution < 1.29 is 19.4 Å². The van der Waals surface area contributed by atoms with Crippen LogP contribution in [0.2, 0.25) is 0 Å². The summed E-state index contributed by atoms with van der Waals surface area (Å²) in [6, 6.07) is -0.893. The molecule has 6 nitrogen and oxygen atoms in total. The van der Waals surface area contributed by atoms with Gasteiger partial charge in [0.25, 0.3) is 0 Å². The quantitative estimate of drug-likeness (QED) is 0.352. The van der Waals surface area contributed by atoms with E-state index >= 15 is 0 Å². The van der Waals surface area contributed by atoms with Crippen LogP contribution in [0.1, 0.15) is 26.2 Å². The Morgan fingerprint density at radius 2 is 2.19 bits per heavy atom. The second-order valence-electron chi connectivity index (χ2n) is 3.17. The molecule has 0 aromatic carbocycles. The van der Waals surface area contributed by atoms with Gasteiger partial charge < -0.3 is 15.6 Å². The van der Waals surface area contributed by atoms with Crippen molar-refractivity contribution in [1.29, 1.82) is 0 Å². The standard InChI is InChI=1S/C10H18N2O4/c1-2-16-9(13)7-12-8(10(14)15)5-3-4-6-11/h7-8H,2-6,11H2,1H3,(H,14,15)/t8-/m0/s1. The number of unbranched alkanes of at least 4 members (excludes halogenated alkanes) is 1. The number of esters is 1. The molecule has 0 aromatic heterocycles. The van der Waals surface area contributed by atoms with Crippen LogP contribution in [0.15, 0.2) is 4.99 Å². The van der Waals surface area contributed by atoms with Gasteiger partial charge in [0.15, 0.2) is 0 Å². The fourth-order valence-corrected chi connectivity index (χ4v) is 1.07. The molecule has 0 rings (SSSR count). The topological polar surface area (TPSA) is 102 Å². The summed E-state index contributed by atoms with van der Waals surface area (Å²) >= 11 is 0. The Labute approximate surface area is 94.5 Å². The molecule has 16 heavy (non-hydrogen) atoms. The van der Waals surface area contributed by atoms with E-state index in [1.807, 2.05) is 0 Å². The molecule has 0 amide bonds. The van der Waals surface area contributed by atoms with Crippen molar-refractivity contribution in [3.8, 4) is 0 Å². The third-order valence-electron chi connectivity index (χ3n) is 1.86. The summed E-state index contributed by atoms with van der Waals surface area (Å²) in [5.74, 6) is -1.66. The Kier molecular flexibility index (Phi) is 8.05. The van der Waals surface area contributed by atoms with Crippen LogP contribution in [-0.4, -0.2) is 42.5 Å². The SMILES string of the molecule is CCOC(=O)C=N[C@@H](CCCCN)C(=O)O. The molecular weight excluding hydrogens is 212 g/mol. The normalized spacial score (nSPS) is 12.6. The molecule has 0 heterocycles. The first kappa shape index (κ1) is 14.6. The van der Waals surface area contributed by atoms with Gasteiger partial charge in [-0.05, 0) is 32.7 Å². The number of carbonyl (C=O) groups is 2. The number of carbonyl (C=O) groups excluding carboxylic acids is 1. The van der Waals surface area contributed by atoms with E-state index in [0.717, 1.165) is 12.6 Å². The second kappa shape index (κ2) is 8.84. The monoisotopic (exact) mass is 230 g/mol. The van der Waals surface area contributed by atoms with Crippen molar-refractivity contribution in [1.82, 2.24) is 0 Å². The van der Waals surface area contributed by atoms with Gasteiger partial charge in [0.2, 0.25) is 0 Å². The van der Waals surface area contributed by atoms with E-state index in [9.17, 15) is 9.59 Å². The molecule has 0 fully saturated rings. The number of aliphatic imine (C=N–C) groups is 1. The lowest BCUT2D eigenvalue weighted by molar-refractivity contribution is -0.138. The molecule has 1 atom stereocenters. The summed E-state index contributed by atoms with van der Waals surface area (Å²) in [7, 11) is 0. The van der Waals surface area contributed by atoms with Gasteiger partial charge in [-0.15, -0.1) is 0 Å². The number of carboxylic acids is 1. The molecule has 3 N–H and O–H groups in total. The average Bonchev–Trinajstić information content (AvgIpc) is 2.23. The van der Waals surface area contributed by atoms with Gasteiger partial charge in [0.1, 0.15) is 12.3 Å². The summed E-state index contributed by atoms with van der Waals surface area (Å²) in [6.45, 7) is 2.44. The second-order valence-corrected chi connectivity index (χ2v) is 3.17. The Hall–Kier alpha value is -1.43. The highest BCUT2D eigenvalue weighted by Crippen LogP contribution is 2.04. The van der Waals surface area contributed by atoms with Gasteiger partial charge in [0, 0.05) is 0 Å². The Morgan fingerprint density at radius 3 is 2.69 bits per heavy atom. The van der Waals surface area contributed by atoms with Crippen molar-refractivity contribution in [3.05, 3.63) is 0 Å². The van der Waals surface area contributed by atoms with E-state index < -0.39 is 18.0 Å². The van der Waals surface area contributed by atoms with Crippen molar-refractivity contribution >= 4 is 18.2 Å². The van der Waals surface area contributed by atoms with E-state index in [1.54, 1.807) is 6.92 Å².